The maximum absolute atomic E-state index is 13.9. The number of aromatic nitrogens is 3. The van der Waals surface area contributed by atoms with Crippen LogP contribution in [0.15, 0.2) is 72.9 Å². The van der Waals surface area contributed by atoms with Gasteiger partial charge in [0.05, 0.1) is 29.7 Å². The zero-order valence-electron chi connectivity index (χ0n) is 21.2. The molecule has 1 N–H and O–H groups in total. The number of aryl methyl sites for hydroxylation is 1. The second-order valence-corrected chi connectivity index (χ2v) is 9.02. The largest absolute Gasteiger partial charge is 0.382 e. The SMILES string of the molecule is CCOCCCNC(=O)N1Cc2c(CC)nn(-c3ccccc3)c2-n2cccc2C1c1ccc(F)cc1. The highest BCUT2D eigenvalue weighted by Crippen LogP contribution is 2.38. The molecule has 3 heterocycles. The second kappa shape index (κ2) is 11.0. The molecule has 0 radical (unpaired) electrons. The number of urea groups is 1. The van der Waals surface area contributed by atoms with Gasteiger partial charge in [0.25, 0.3) is 0 Å². The Morgan fingerprint density at radius 2 is 1.86 bits per heavy atom. The van der Waals surface area contributed by atoms with Crippen LogP contribution >= 0.6 is 0 Å². The number of nitrogens with zero attached hydrogens (tertiary/aromatic N) is 4. The Morgan fingerprint density at radius 3 is 2.59 bits per heavy atom. The number of amides is 2. The fourth-order valence-electron chi connectivity index (χ4n) is 4.96. The van der Waals surface area contributed by atoms with Gasteiger partial charge in [0.1, 0.15) is 11.6 Å². The molecule has 192 valence electrons. The van der Waals surface area contributed by atoms with Gasteiger partial charge in [0.15, 0.2) is 0 Å². The Bertz CT molecular complexity index is 1350. The Morgan fingerprint density at radius 1 is 1.08 bits per heavy atom. The maximum atomic E-state index is 13.9. The van der Waals surface area contributed by atoms with E-state index in [9.17, 15) is 9.18 Å². The third-order valence-electron chi connectivity index (χ3n) is 6.70. The second-order valence-electron chi connectivity index (χ2n) is 9.02. The van der Waals surface area contributed by atoms with Crippen molar-refractivity contribution in [3.63, 3.8) is 0 Å². The van der Waals surface area contributed by atoms with Crippen molar-refractivity contribution in [1.29, 1.82) is 0 Å². The molecule has 1 aliphatic rings. The molecular weight excluding hydrogens is 469 g/mol. The zero-order chi connectivity index (χ0) is 25.8. The molecule has 0 aliphatic carbocycles. The number of hydrogen-bond donors (Lipinski definition) is 1. The molecule has 2 aromatic heterocycles. The maximum Gasteiger partial charge on any atom is 0.318 e. The first-order valence-corrected chi connectivity index (χ1v) is 12.8. The lowest BCUT2D eigenvalue weighted by Crippen LogP contribution is -2.42. The van der Waals surface area contributed by atoms with Gasteiger partial charge in [-0.3, -0.25) is 0 Å². The summed E-state index contributed by atoms with van der Waals surface area (Å²) >= 11 is 0. The van der Waals surface area contributed by atoms with Crippen molar-refractivity contribution in [2.24, 2.45) is 0 Å². The highest BCUT2D eigenvalue weighted by atomic mass is 19.1. The van der Waals surface area contributed by atoms with Gasteiger partial charge in [0.2, 0.25) is 0 Å². The Balaban J connectivity index is 1.63. The summed E-state index contributed by atoms with van der Waals surface area (Å²) in [6, 6.07) is 19.8. The number of carbonyl (C=O) groups excluding carboxylic acids is 1. The fourth-order valence-corrected chi connectivity index (χ4v) is 4.96. The quantitative estimate of drug-likeness (QED) is 0.329. The minimum Gasteiger partial charge on any atom is -0.382 e. The standard InChI is InChI=1S/C29H32FN5O2/c1-3-25-24-20-34(29(36)31-17-9-19-37-4-2)27(21-13-15-22(30)16-14-21)26-12-8-18-33(26)28(24)35(32-25)23-10-6-5-7-11-23/h5-8,10-16,18,27H,3-4,9,17,19-20H2,1-2H3,(H,31,36). The molecule has 0 spiro atoms. The molecule has 0 fully saturated rings. The lowest BCUT2D eigenvalue weighted by molar-refractivity contribution is 0.143. The van der Waals surface area contributed by atoms with Gasteiger partial charge in [-0.1, -0.05) is 37.3 Å². The van der Waals surface area contributed by atoms with Crippen molar-refractivity contribution < 1.29 is 13.9 Å². The Hall–Kier alpha value is -3.91. The van der Waals surface area contributed by atoms with E-state index in [2.05, 4.69) is 16.8 Å². The van der Waals surface area contributed by atoms with Gasteiger partial charge >= 0.3 is 6.03 Å². The van der Waals surface area contributed by atoms with Gasteiger partial charge in [-0.25, -0.2) is 13.9 Å². The van der Waals surface area contributed by atoms with E-state index in [1.165, 1.54) is 12.1 Å². The summed E-state index contributed by atoms with van der Waals surface area (Å²) in [6.07, 6.45) is 3.46. The van der Waals surface area contributed by atoms with Crippen LogP contribution < -0.4 is 5.32 Å². The van der Waals surface area contributed by atoms with Crippen LogP contribution in [0.1, 0.15) is 48.8 Å². The molecular formula is C29H32FN5O2. The molecule has 0 bridgehead atoms. The predicted octanol–water partition coefficient (Wildman–Crippen LogP) is 5.41. The molecule has 2 aromatic carbocycles. The van der Waals surface area contributed by atoms with Crippen LogP contribution in [0.2, 0.25) is 0 Å². The van der Waals surface area contributed by atoms with Crippen LogP contribution in [-0.2, 0) is 17.7 Å². The molecule has 2 amide bonds. The van der Waals surface area contributed by atoms with Crippen LogP contribution in [0, 0.1) is 5.82 Å². The molecule has 1 atom stereocenters. The molecule has 1 aliphatic heterocycles. The normalized spacial score (nSPS) is 14.7. The summed E-state index contributed by atoms with van der Waals surface area (Å²) in [6.45, 7) is 6.15. The van der Waals surface area contributed by atoms with E-state index >= 15 is 0 Å². The van der Waals surface area contributed by atoms with Gasteiger partial charge in [-0.05, 0) is 61.7 Å². The number of ether oxygens (including phenoxy) is 1. The molecule has 7 nitrogen and oxygen atoms in total. The zero-order valence-corrected chi connectivity index (χ0v) is 21.2. The number of nitrogens with one attached hydrogen (secondary N) is 1. The van der Waals surface area contributed by atoms with E-state index in [0.29, 0.717) is 26.3 Å². The van der Waals surface area contributed by atoms with Crippen molar-refractivity contribution >= 4 is 6.03 Å². The summed E-state index contributed by atoms with van der Waals surface area (Å²) in [5.74, 6) is 0.609. The number of fused-ring (bicyclic) bond motifs is 3. The van der Waals surface area contributed by atoms with Gasteiger partial charge in [-0.2, -0.15) is 5.10 Å². The summed E-state index contributed by atoms with van der Waals surface area (Å²) < 4.78 is 23.4. The average Bonchev–Trinajstić information content (AvgIpc) is 3.51. The first kappa shape index (κ1) is 24.8. The Kier molecular flexibility index (Phi) is 7.37. The third kappa shape index (κ3) is 4.89. The van der Waals surface area contributed by atoms with Gasteiger partial charge in [-0.15, -0.1) is 0 Å². The van der Waals surface area contributed by atoms with Crippen molar-refractivity contribution in [3.05, 3.63) is 101 Å². The summed E-state index contributed by atoms with van der Waals surface area (Å²) in [5.41, 5.74) is 4.64. The topological polar surface area (TPSA) is 64.3 Å². The Labute approximate surface area is 216 Å². The lowest BCUT2D eigenvalue weighted by Gasteiger charge is -2.31. The third-order valence-corrected chi connectivity index (χ3v) is 6.70. The van der Waals surface area contributed by atoms with Gasteiger partial charge < -0.3 is 19.5 Å². The van der Waals surface area contributed by atoms with Crippen LogP contribution in [0.5, 0.6) is 0 Å². The molecule has 4 aromatic rings. The minimum absolute atomic E-state index is 0.180. The van der Waals surface area contributed by atoms with Crippen molar-refractivity contribution in [2.75, 3.05) is 19.8 Å². The number of rotatable bonds is 8. The predicted molar refractivity (Wildman–Crippen MR) is 141 cm³/mol. The van der Waals surface area contributed by atoms with E-state index in [1.807, 2.05) is 65.2 Å². The highest BCUT2D eigenvalue weighted by molar-refractivity contribution is 5.76. The van der Waals surface area contributed by atoms with E-state index in [-0.39, 0.29) is 11.8 Å². The average molecular weight is 502 g/mol. The van der Waals surface area contributed by atoms with Gasteiger partial charge in [0, 0.05) is 31.5 Å². The highest BCUT2D eigenvalue weighted by Gasteiger charge is 2.36. The fraction of sp³-hybridized carbons (Fsp3) is 0.310. The first-order valence-electron chi connectivity index (χ1n) is 12.8. The van der Waals surface area contributed by atoms with E-state index < -0.39 is 6.04 Å². The number of carbonyl (C=O) groups is 1. The minimum atomic E-state index is -0.413. The number of halogens is 1. The lowest BCUT2D eigenvalue weighted by atomic mass is 10.0. The van der Waals surface area contributed by atoms with Crippen molar-refractivity contribution in [2.45, 2.75) is 39.3 Å². The molecule has 1 unspecified atom stereocenters. The van der Waals surface area contributed by atoms with Crippen LogP contribution in [-0.4, -0.2) is 45.0 Å². The molecule has 0 saturated carbocycles. The van der Waals surface area contributed by atoms with E-state index in [4.69, 9.17) is 9.84 Å². The first-order chi connectivity index (χ1) is 18.1. The van der Waals surface area contributed by atoms with Crippen LogP contribution in [0.4, 0.5) is 9.18 Å². The summed E-state index contributed by atoms with van der Waals surface area (Å²) in [7, 11) is 0. The molecule has 5 rings (SSSR count). The molecule has 8 heteroatoms. The summed E-state index contributed by atoms with van der Waals surface area (Å²) in [4.78, 5) is 15.6. The van der Waals surface area contributed by atoms with E-state index in [1.54, 1.807) is 12.1 Å². The van der Waals surface area contributed by atoms with Crippen molar-refractivity contribution in [1.82, 2.24) is 24.6 Å². The van der Waals surface area contributed by atoms with E-state index in [0.717, 1.165) is 46.9 Å². The number of para-hydroxylation sites is 1. The van der Waals surface area contributed by atoms with Crippen molar-refractivity contribution in [3.8, 4) is 11.5 Å². The smallest absolute Gasteiger partial charge is 0.318 e. The van der Waals surface area contributed by atoms with Crippen LogP contribution in [0.25, 0.3) is 11.5 Å². The summed E-state index contributed by atoms with van der Waals surface area (Å²) in [5, 5.41) is 8.05. The molecule has 0 saturated heterocycles. The monoisotopic (exact) mass is 501 g/mol. The van der Waals surface area contributed by atoms with Crippen LogP contribution in [0.3, 0.4) is 0 Å². The molecule has 37 heavy (non-hydrogen) atoms. The number of hydrogen-bond acceptors (Lipinski definition) is 3. The number of benzene rings is 2.